The van der Waals surface area contributed by atoms with Crippen molar-refractivity contribution >= 4 is 23.1 Å². The van der Waals surface area contributed by atoms with Crippen LogP contribution in [0.25, 0.3) is 5.70 Å². The summed E-state index contributed by atoms with van der Waals surface area (Å²) in [6.45, 7) is 3.38. The van der Waals surface area contributed by atoms with E-state index in [0.717, 1.165) is 57.6 Å². The average Bonchev–Trinajstić information content (AvgIpc) is 3.55. The molecule has 4 fully saturated rings. The molecular weight excluding hydrogens is 468 g/mol. The molecular formula is C28H42N6O3. The molecule has 9 nitrogen and oxygen atoms in total. The topological polar surface area (TPSA) is 105 Å². The standard InChI is InChI=1S/C28H42N6O3/c1-32(2)19-11-15-34(17-19)23-16-24(37-18-20-8-7-14-33(20)3)31-27(30-23)25(29)21-9-6-13-28(26(21)36)12-5-4-10-22(28)35/h16,19-20H,4-15,17-18,29H2,1-3H3/t19-,20+,28-/m1/s1. The third-order valence-electron chi connectivity index (χ3n) is 9.10. The molecule has 2 saturated carbocycles. The Morgan fingerprint density at radius 3 is 2.62 bits per heavy atom. The van der Waals surface area contributed by atoms with E-state index in [1.54, 1.807) is 0 Å². The minimum absolute atomic E-state index is 0.0833. The number of aromatic nitrogens is 2. The van der Waals surface area contributed by atoms with E-state index in [2.05, 4.69) is 35.8 Å². The predicted molar refractivity (Wildman–Crippen MR) is 143 cm³/mol. The molecule has 4 aliphatic rings. The van der Waals surface area contributed by atoms with Gasteiger partial charge in [-0.2, -0.15) is 4.98 Å². The fraction of sp³-hybridized carbons (Fsp3) is 0.714. The minimum Gasteiger partial charge on any atom is -0.476 e. The molecule has 0 radical (unpaired) electrons. The van der Waals surface area contributed by atoms with Crippen molar-refractivity contribution < 1.29 is 14.3 Å². The zero-order chi connectivity index (χ0) is 26.2. The number of carbonyl (C=O) groups excluding carboxylic acids is 2. The van der Waals surface area contributed by atoms with Gasteiger partial charge in [-0.25, -0.2) is 4.98 Å². The summed E-state index contributed by atoms with van der Waals surface area (Å²) in [6.07, 6.45) is 8.19. The molecule has 1 aromatic rings. The maximum Gasteiger partial charge on any atom is 0.219 e. The molecule has 202 valence electrons. The number of nitrogens with two attached hydrogens (primary N) is 1. The Hall–Kier alpha value is -2.52. The molecule has 0 unspecified atom stereocenters. The Bertz CT molecular complexity index is 1070. The highest BCUT2D eigenvalue weighted by molar-refractivity contribution is 6.17. The van der Waals surface area contributed by atoms with Crippen molar-refractivity contribution in [1.82, 2.24) is 19.8 Å². The predicted octanol–water partition coefficient (Wildman–Crippen LogP) is 2.64. The summed E-state index contributed by atoms with van der Waals surface area (Å²) >= 11 is 0. The number of likely N-dealkylation sites (tertiary alicyclic amines) is 1. The van der Waals surface area contributed by atoms with Gasteiger partial charge in [0, 0.05) is 43.2 Å². The Balaban J connectivity index is 1.47. The molecule has 2 aliphatic carbocycles. The number of hydrogen-bond acceptors (Lipinski definition) is 9. The molecule has 3 atom stereocenters. The largest absolute Gasteiger partial charge is 0.476 e. The molecule has 0 aromatic carbocycles. The van der Waals surface area contributed by atoms with Gasteiger partial charge in [-0.1, -0.05) is 6.42 Å². The smallest absolute Gasteiger partial charge is 0.219 e. The van der Waals surface area contributed by atoms with E-state index in [0.29, 0.717) is 67.3 Å². The normalized spacial score (nSPS) is 30.5. The van der Waals surface area contributed by atoms with Crippen molar-refractivity contribution in [2.45, 2.75) is 76.3 Å². The molecule has 5 rings (SSSR count). The molecule has 9 heteroatoms. The van der Waals surface area contributed by atoms with Crippen LogP contribution in [0.3, 0.4) is 0 Å². The molecule has 1 spiro atoms. The lowest BCUT2D eigenvalue weighted by atomic mass is 9.62. The molecule has 2 N–H and O–H groups in total. The zero-order valence-corrected chi connectivity index (χ0v) is 22.7. The van der Waals surface area contributed by atoms with Gasteiger partial charge < -0.3 is 25.2 Å². The van der Waals surface area contributed by atoms with E-state index in [4.69, 9.17) is 20.4 Å². The first-order chi connectivity index (χ1) is 17.8. The van der Waals surface area contributed by atoms with Gasteiger partial charge in [0.1, 0.15) is 18.2 Å². The van der Waals surface area contributed by atoms with Gasteiger partial charge in [0.2, 0.25) is 5.88 Å². The molecule has 0 amide bonds. The summed E-state index contributed by atoms with van der Waals surface area (Å²) < 4.78 is 6.22. The van der Waals surface area contributed by atoms with Crippen molar-refractivity contribution in [3.05, 3.63) is 17.5 Å². The first kappa shape index (κ1) is 26.1. The van der Waals surface area contributed by atoms with E-state index in [1.165, 1.54) is 6.42 Å². The van der Waals surface area contributed by atoms with Crippen LogP contribution >= 0.6 is 0 Å². The quantitative estimate of drug-likeness (QED) is 0.457. The lowest BCUT2D eigenvalue weighted by Crippen LogP contribution is -2.45. The molecule has 3 heterocycles. The van der Waals surface area contributed by atoms with Gasteiger partial charge in [0.15, 0.2) is 11.6 Å². The number of rotatable bonds is 6. The number of Topliss-reactive ketones (excluding diaryl/α,β-unsaturated/α-hetero) is 2. The van der Waals surface area contributed by atoms with Crippen LogP contribution in [0.2, 0.25) is 0 Å². The highest BCUT2D eigenvalue weighted by Gasteiger charge is 2.49. The van der Waals surface area contributed by atoms with Gasteiger partial charge in [-0.3, -0.25) is 9.59 Å². The van der Waals surface area contributed by atoms with Crippen molar-refractivity contribution in [3.8, 4) is 5.88 Å². The number of hydrogen-bond donors (Lipinski definition) is 1. The van der Waals surface area contributed by atoms with E-state index < -0.39 is 5.41 Å². The van der Waals surface area contributed by atoms with Gasteiger partial charge in [0.05, 0.1) is 11.1 Å². The van der Waals surface area contributed by atoms with Crippen LogP contribution in [0.15, 0.2) is 11.6 Å². The Morgan fingerprint density at radius 1 is 1.11 bits per heavy atom. The van der Waals surface area contributed by atoms with Crippen LogP contribution in [-0.2, 0) is 9.59 Å². The van der Waals surface area contributed by atoms with Gasteiger partial charge >= 0.3 is 0 Å². The van der Waals surface area contributed by atoms with E-state index >= 15 is 0 Å². The summed E-state index contributed by atoms with van der Waals surface area (Å²) in [5, 5.41) is 0. The highest BCUT2D eigenvalue weighted by Crippen LogP contribution is 2.45. The summed E-state index contributed by atoms with van der Waals surface area (Å²) in [7, 11) is 6.33. The highest BCUT2D eigenvalue weighted by atomic mass is 16.5. The second-order valence-electron chi connectivity index (χ2n) is 11.6. The number of anilines is 1. The van der Waals surface area contributed by atoms with Crippen LogP contribution in [0.4, 0.5) is 5.82 Å². The fourth-order valence-corrected chi connectivity index (χ4v) is 6.58. The second-order valence-corrected chi connectivity index (χ2v) is 11.6. The van der Waals surface area contributed by atoms with Crippen molar-refractivity contribution in [3.63, 3.8) is 0 Å². The van der Waals surface area contributed by atoms with Gasteiger partial charge in [-0.05, 0) is 79.1 Å². The summed E-state index contributed by atoms with van der Waals surface area (Å²) in [4.78, 5) is 43.0. The van der Waals surface area contributed by atoms with Gasteiger partial charge in [-0.15, -0.1) is 0 Å². The molecule has 1 aromatic heterocycles. The number of ether oxygens (including phenoxy) is 1. The Morgan fingerprint density at radius 2 is 1.92 bits per heavy atom. The Kier molecular flexibility index (Phi) is 7.54. The number of nitrogens with zero attached hydrogens (tertiary/aromatic N) is 5. The van der Waals surface area contributed by atoms with E-state index in [9.17, 15) is 9.59 Å². The third-order valence-corrected chi connectivity index (χ3v) is 9.10. The Labute approximate surface area is 220 Å². The zero-order valence-electron chi connectivity index (χ0n) is 22.7. The summed E-state index contributed by atoms with van der Waals surface area (Å²) in [6, 6.07) is 2.71. The summed E-state index contributed by atoms with van der Waals surface area (Å²) in [5.41, 5.74) is 6.61. The lowest BCUT2D eigenvalue weighted by molar-refractivity contribution is -0.143. The van der Waals surface area contributed by atoms with Gasteiger partial charge in [0.25, 0.3) is 0 Å². The summed E-state index contributed by atoms with van der Waals surface area (Å²) in [5.74, 6) is 1.59. The van der Waals surface area contributed by atoms with Crippen LogP contribution < -0.4 is 15.4 Å². The molecule has 0 bridgehead atoms. The first-order valence-corrected chi connectivity index (χ1v) is 14.0. The SMILES string of the molecule is CN(C)[C@@H]1CCN(c2cc(OC[C@@H]3CCCN3C)nc(C(N)=C3CCC[C@@]4(CCCCC4=O)C3=O)n2)C1. The third kappa shape index (κ3) is 5.12. The number of likely N-dealkylation sites (N-methyl/N-ethyl adjacent to an activating group) is 2. The maximum atomic E-state index is 13.7. The molecule has 2 aliphatic heterocycles. The number of ketones is 2. The average molecular weight is 511 g/mol. The van der Waals surface area contributed by atoms with Crippen molar-refractivity contribution in [2.24, 2.45) is 11.1 Å². The second kappa shape index (κ2) is 10.7. The maximum absolute atomic E-state index is 13.7. The van der Waals surface area contributed by atoms with Crippen LogP contribution in [0.1, 0.15) is 70.0 Å². The first-order valence-electron chi connectivity index (χ1n) is 14.0. The fourth-order valence-electron chi connectivity index (χ4n) is 6.58. The lowest BCUT2D eigenvalue weighted by Gasteiger charge is -2.38. The van der Waals surface area contributed by atoms with E-state index in [1.807, 2.05) is 6.07 Å². The van der Waals surface area contributed by atoms with Crippen LogP contribution in [0, 0.1) is 5.41 Å². The van der Waals surface area contributed by atoms with Crippen molar-refractivity contribution in [2.75, 3.05) is 52.3 Å². The molecule has 37 heavy (non-hydrogen) atoms. The minimum atomic E-state index is -0.895. The molecule has 2 saturated heterocycles. The number of carbonyl (C=O) groups is 2. The van der Waals surface area contributed by atoms with Crippen LogP contribution in [-0.4, -0.2) is 90.8 Å². The monoisotopic (exact) mass is 510 g/mol. The van der Waals surface area contributed by atoms with Crippen molar-refractivity contribution in [1.29, 1.82) is 0 Å². The van der Waals surface area contributed by atoms with E-state index in [-0.39, 0.29) is 11.6 Å². The number of allylic oxidation sites excluding steroid dienone is 1. The van der Waals surface area contributed by atoms with Crippen LogP contribution in [0.5, 0.6) is 5.88 Å².